The zero-order chi connectivity index (χ0) is 21.9. The van der Waals surface area contributed by atoms with Crippen molar-refractivity contribution in [2.45, 2.75) is 0 Å². The minimum atomic E-state index is -0.890. The molecule has 0 bridgehead atoms. The average molecular weight is 449 g/mol. The number of nitrogens with one attached hydrogen (secondary N) is 3. The SMILES string of the molecule is C=CCNC(=O)C(=O)N/N=C\c1ccc(OCC(=O)Nc2cccc(Cl)c2Cl)cc1. The summed E-state index contributed by atoms with van der Waals surface area (Å²) in [5, 5.41) is 9.22. The van der Waals surface area contributed by atoms with E-state index in [1.54, 1.807) is 42.5 Å². The Bertz CT molecular complexity index is 962. The van der Waals surface area contributed by atoms with Crippen molar-refractivity contribution in [3.05, 3.63) is 70.7 Å². The minimum absolute atomic E-state index is 0.182. The van der Waals surface area contributed by atoms with Crippen LogP contribution in [0.25, 0.3) is 0 Å². The highest BCUT2D eigenvalue weighted by atomic mass is 35.5. The molecule has 0 aliphatic rings. The number of anilines is 1. The van der Waals surface area contributed by atoms with E-state index in [4.69, 9.17) is 27.9 Å². The van der Waals surface area contributed by atoms with E-state index in [1.807, 2.05) is 0 Å². The third-order valence-electron chi connectivity index (χ3n) is 3.47. The molecule has 2 rings (SSSR count). The highest BCUT2D eigenvalue weighted by Gasteiger charge is 2.11. The highest BCUT2D eigenvalue weighted by molar-refractivity contribution is 6.44. The standard InChI is InChI=1S/C20H18Cl2N4O4/c1-2-10-23-19(28)20(29)26-24-11-13-6-8-14(9-7-13)30-12-17(27)25-16-5-3-4-15(21)18(16)22/h2-9,11H,1,10,12H2,(H,23,28)(H,25,27)(H,26,29)/b24-11-. The van der Waals surface area contributed by atoms with Crippen LogP contribution in [0.1, 0.15) is 5.56 Å². The van der Waals surface area contributed by atoms with Crippen molar-refractivity contribution in [1.29, 1.82) is 0 Å². The molecule has 0 aliphatic carbocycles. The van der Waals surface area contributed by atoms with Crippen LogP contribution in [0.15, 0.2) is 60.2 Å². The Hall–Kier alpha value is -3.36. The van der Waals surface area contributed by atoms with Crippen LogP contribution in [-0.4, -0.2) is 37.1 Å². The summed E-state index contributed by atoms with van der Waals surface area (Å²) >= 11 is 11.9. The van der Waals surface area contributed by atoms with Crippen molar-refractivity contribution in [2.24, 2.45) is 5.10 Å². The highest BCUT2D eigenvalue weighted by Crippen LogP contribution is 2.29. The van der Waals surface area contributed by atoms with Crippen molar-refractivity contribution in [3.63, 3.8) is 0 Å². The summed E-state index contributed by atoms with van der Waals surface area (Å²) < 4.78 is 5.41. The second kappa shape index (κ2) is 11.6. The van der Waals surface area contributed by atoms with Gasteiger partial charge in [-0.05, 0) is 42.0 Å². The number of hydrogen-bond acceptors (Lipinski definition) is 5. The lowest BCUT2D eigenvalue weighted by atomic mass is 10.2. The topological polar surface area (TPSA) is 109 Å². The second-order valence-electron chi connectivity index (χ2n) is 5.71. The number of benzene rings is 2. The van der Waals surface area contributed by atoms with Gasteiger partial charge in [0.25, 0.3) is 5.91 Å². The maximum absolute atomic E-state index is 12.0. The maximum atomic E-state index is 12.0. The molecule has 0 spiro atoms. The Labute approximate surface area is 182 Å². The Kier molecular flexibility index (Phi) is 8.86. The molecule has 0 unspecified atom stereocenters. The van der Waals surface area contributed by atoms with Crippen molar-refractivity contribution < 1.29 is 19.1 Å². The fraction of sp³-hybridized carbons (Fsp3) is 0.100. The third-order valence-corrected chi connectivity index (χ3v) is 4.29. The molecule has 0 fully saturated rings. The summed E-state index contributed by atoms with van der Waals surface area (Å²) in [5.41, 5.74) is 3.14. The van der Waals surface area contributed by atoms with Gasteiger partial charge in [0.05, 0.1) is 21.9 Å². The molecule has 8 nitrogen and oxygen atoms in total. The summed E-state index contributed by atoms with van der Waals surface area (Å²) in [7, 11) is 0. The first kappa shape index (κ1) is 22.9. The molecule has 2 aromatic rings. The van der Waals surface area contributed by atoms with Crippen molar-refractivity contribution in [1.82, 2.24) is 10.7 Å². The quantitative estimate of drug-likeness (QED) is 0.249. The van der Waals surface area contributed by atoms with Gasteiger partial charge in [0.15, 0.2) is 6.61 Å². The number of hydrogen-bond donors (Lipinski definition) is 3. The molecule has 0 aromatic heterocycles. The lowest BCUT2D eigenvalue weighted by molar-refractivity contribution is -0.139. The number of amides is 3. The fourth-order valence-corrected chi connectivity index (χ4v) is 2.39. The van der Waals surface area contributed by atoms with E-state index in [0.717, 1.165) is 0 Å². The molecule has 0 radical (unpaired) electrons. The lowest BCUT2D eigenvalue weighted by Gasteiger charge is -2.09. The van der Waals surface area contributed by atoms with Gasteiger partial charge in [0, 0.05) is 6.54 Å². The number of carbonyl (C=O) groups is 3. The molecular weight excluding hydrogens is 431 g/mol. The second-order valence-corrected chi connectivity index (χ2v) is 6.49. The van der Waals surface area contributed by atoms with Crippen LogP contribution in [0.4, 0.5) is 5.69 Å². The Morgan fingerprint density at radius 2 is 1.80 bits per heavy atom. The van der Waals surface area contributed by atoms with Gasteiger partial charge in [-0.2, -0.15) is 5.10 Å². The van der Waals surface area contributed by atoms with Crippen LogP contribution in [0.2, 0.25) is 10.0 Å². The van der Waals surface area contributed by atoms with E-state index in [9.17, 15) is 14.4 Å². The Morgan fingerprint density at radius 3 is 2.50 bits per heavy atom. The molecule has 0 saturated carbocycles. The molecule has 10 heteroatoms. The van der Waals surface area contributed by atoms with Gasteiger partial charge in [-0.3, -0.25) is 14.4 Å². The van der Waals surface area contributed by atoms with Gasteiger partial charge in [-0.25, -0.2) is 5.43 Å². The van der Waals surface area contributed by atoms with Crippen molar-refractivity contribution >= 4 is 52.8 Å². The first-order valence-electron chi connectivity index (χ1n) is 8.59. The summed E-state index contributed by atoms with van der Waals surface area (Å²) in [6, 6.07) is 11.5. The van der Waals surface area contributed by atoms with Gasteiger partial charge < -0.3 is 15.4 Å². The molecular formula is C20H18Cl2N4O4. The molecule has 3 amide bonds. The van der Waals surface area contributed by atoms with Crippen LogP contribution in [-0.2, 0) is 14.4 Å². The predicted molar refractivity (Wildman–Crippen MR) is 116 cm³/mol. The number of carbonyl (C=O) groups excluding carboxylic acids is 3. The lowest BCUT2D eigenvalue weighted by Crippen LogP contribution is -2.37. The number of rotatable bonds is 8. The predicted octanol–water partition coefficient (Wildman–Crippen LogP) is 2.76. The van der Waals surface area contributed by atoms with Gasteiger partial charge >= 0.3 is 11.8 Å². The number of ether oxygens (including phenoxy) is 1. The van der Waals surface area contributed by atoms with Gasteiger partial charge in [0.2, 0.25) is 0 Å². The smallest absolute Gasteiger partial charge is 0.329 e. The first-order chi connectivity index (χ1) is 14.4. The maximum Gasteiger partial charge on any atom is 0.329 e. The van der Waals surface area contributed by atoms with E-state index >= 15 is 0 Å². The molecule has 156 valence electrons. The van der Waals surface area contributed by atoms with E-state index in [2.05, 4.69) is 27.7 Å². The van der Waals surface area contributed by atoms with Crippen LogP contribution in [0.3, 0.4) is 0 Å². The molecule has 2 aromatic carbocycles. The number of halogens is 2. The van der Waals surface area contributed by atoms with Gasteiger partial charge in [0.1, 0.15) is 5.75 Å². The molecule has 0 aliphatic heterocycles. The van der Waals surface area contributed by atoms with Crippen LogP contribution >= 0.6 is 23.2 Å². The van der Waals surface area contributed by atoms with Gasteiger partial charge in [-0.15, -0.1) is 6.58 Å². The van der Waals surface area contributed by atoms with E-state index in [1.165, 1.54) is 12.3 Å². The summed E-state index contributed by atoms with van der Waals surface area (Å²) in [6.07, 6.45) is 2.81. The third kappa shape index (κ3) is 7.23. The van der Waals surface area contributed by atoms with E-state index in [-0.39, 0.29) is 18.2 Å². The molecule has 0 atom stereocenters. The molecule has 3 N–H and O–H groups in total. The summed E-state index contributed by atoms with van der Waals surface area (Å²) in [6.45, 7) is 3.38. The Morgan fingerprint density at radius 1 is 1.07 bits per heavy atom. The van der Waals surface area contributed by atoms with Crippen LogP contribution in [0.5, 0.6) is 5.75 Å². The summed E-state index contributed by atoms with van der Waals surface area (Å²) in [5.74, 6) is -1.65. The minimum Gasteiger partial charge on any atom is -0.484 e. The zero-order valence-electron chi connectivity index (χ0n) is 15.7. The van der Waals surface area contributed by atoms with Crippen LogP contribution in [0, 0.1) is 0 Å². The fourth-order valence-electron chi connectivity index (χ4n) is 2.05. The van der Waals surface area contributed by atoms with Crippen molar-refractivity contribution in [3.8, 4) is 5.75 Å². The van der Waals surface area contributed by atoms with E-state index < -0.39 is 17.7 Å². The first-order valence-corrected chi connectivity index (χ1v) is 9.35. The average Bonchev–Trinajstić information content (AvgIpc) is 2.74. The largest absolute Gasteiger partial charge is 0.484 e. The molecule has 0 heterocycles. The monoisotopic (exact) mass is 448 g/mol. The Balaban J connectivity index is 1.80. The molecule has 0 saturated heterocycles. The number of hydrazone groups is 1. The summed E-state index contributed by atoms with van der Waals surface area (Å²) in [4.78, 5) is 34.8. The normalized spacial score (nSPS) is 10.3. The van der Waals surface area contributed by atoms with Crippen molar-refractivity contribution in [2.75, 3.05) is 18.5 Å². The molecule has 30 heavy (non-hydrogen) atoms. The van der Waals surface area contributed by atoms with E-state index in [0.29, 0.717) is 22.0 Å². The van der Waals surface area contributed by atoms with Crippen LogP contribution < -0.4 is 20.8 Å². The van der Waals surface area contributed by atoms with Gasteiger partial charge in [-0.1, -0.05) is 35.3 Å². The number of nitrogens with zero attached hydrogens (tertiary/aromatic N) is 1. The zero-order valence-corrected chi connectivity index (χ0v) is 17.2.